The van der Waals surface area contributed by atoms with Crippen molar-refractivity contribution in [2.75, 3.05) is 119 Å². The molecule has 24 N–H and O–H groups in total. The molecular weight excluding hydrogens is 1930 g/mol. The summed E-state index contributed by atoms with van der Waals surface area (Å²) >= 11 is 0. The topological polar surface area (TPSA) is 648 Å². The van der Waals surface area contributed by atoms with Crippen LogP contribution in [0.5, 0.6) is 0 Å². The Balaban J connectivity index is -0.000000253. The van der Waals surface area contributed by atoms with Crippen molar-refractivity contribution < 1.29 is 157 Å². The van der Waals surface area contributed by atoms with E-state index in [1.165, 1.54) is 0 Å². The molecule has 10 atom stereocenters. The van der Waals surface area contributed by atoms with Crippen molar-refractivity contribution in [3.63, 3.8) is 0 Å². The minimum atomic E-state index is -1.01. The van der Waals surface area contributed by atoms with Crippen LogP contribution in [0.15, 0.2) is 0 Å². The first-order valence-corrected chi connectivity index (χ1v) is 53.7. The van der Waals surface area contributed by atoms with E-state index in [9.17, 15) is 58.2 Å². The number of carbonyl (C=O) groups excluding carboxylic acids is 10. The molecule has 0 aliphatic carbocycles. The van der Waals surface area contributed by atoms with Gasteiger partial charge in [-0.2, -0.15) is 0 Å². The number of nitrogens with one attached hydrogen (secondary N) is 10. The zero-order chi connectivity index (χ0) is 116. The molecule has 0 saturated carbocycles. The van der Waals surface area contributed by atoms with Crippen LogP contribution in [0.4, 0.5) is 38.4 Å². The van der Waals surface area contributed by atoms with Gasteiger partial charge >= 0.3 is 48.7 Å². The number of amides is 10. The van der Waals surface area contributed by atoms with Crippen LogP contribution in [0.2, 0.25) is 0 Å². The lowest BCUT2D eigenvalue weighted by molar-refractivity contribution is -0.126. The van der Waals surface area contributed by atoms with Crippen LogP contribution in [-0.4, -0.2) is 336 Å². The van der Waals surface area contributed by atoms with Gasteiger partial charge in [-0.1, -0.05) is 208 Å². The number of hydrogen-bond donors (Lipinski definition) is 24. The second-order valence-corrected chi connectivity index (χ2v) is 44.0. The van der Waals surface area contributed by atoms with E-state index in [-0.39, 0.29) is 139 Å². The van der Waals surface area contributed by atoms with E-state index in [1.54, 1.807) is 6.92 Å². The summed E-state index contributed by atoms with van der Waals surface area (Å²) in [5.41, 5.74) is 0. The van der Waals surface area contributed by atoms with Gasteiger partial charge in [0.2, 0.25) is 11.8 Å². The quantitative estimate of drug-likeness (QED) is 0.0251. The van der Waals surface area contributed by atoms with Crippen LogP contribution in [-0.2, 0) is 47.5 Å². The molecule has 0 aliphatic heterocycles. The van der Waals surface area contributed by atoms with E-state index < -0.39 is 124 Å². The number of aliphatic hydroxyl groups excluding tert-OH is 14. The Labute approximate surface area is 889 Å². The standard InChI is InChI=1S/C15H30N2O4.C14H28N2O5.C14H29NO3.3C13H27NO4.2C12H25NO4/c1-6-13(18)9-21-15(20)16-8-12(7-10(2)3)14(19)17-11(4)5;1-9(2)5-11(13(19)16-10(3)4)6-15-14(20)21-12(7-17)8-18;1-6-13(16)9-18-14(17)15-8-12(11(4)5)7-10(2)3;1-9(2)5-11(10(3)4)6-14-13(17)18-12(7-15)8-16;1-9(2)5-11(6-10(3)4)14-13(17)18-8-12(16)7-15;1-9(2)5-11(6-10(3)4)14-13(17)18-12(7-15)8-16;1-8(2)5-11(9(3)4)13-12(16)17-7-10(15)6-14;1-8(2)5-11(9(3)4)13-12(16)17-10(6-14)7-15/h10-13,18H,6-9H2,1-5H3,(H,16,20)(H,17,19);9-12,17-18H,5-8H2,1-4H3,(H,15,20)(H,16,19);10-13,16H,6-9H2,1-5H3,(H,15,17);3*9-12,15-16H,5-8H2,1-4H3,(H,14,17);2*8-11,14-15H,5-7H2,1-4H3,(H,13,16). The van der Waals surface area contributed by atoms with Crippen LogP contribution in [0.3, 0.4) is 0 Å². The van der Waals surface area contributed by atoms with Crippen LogP contribution >= 0.6 is 0 Å². The number of aliphatic hydroxyl groups is 14. The third-order valence-electron chi connectivity index (χ3n) is 21.6. The van der Waals surface area contributed by atoms with Gasteiger partial charge in [-0.25, -0.2) is 38.4 Å². The van der Waals surface area contributed by atoms with Crippen molar-refractivity contribution in [1.82, 2.24) is 53.2 Å². The van der Waals surface area contributed by atoms with Crippen molar-refractivity contribution >= 4 is 60.6 Å². The smallest absolute Gasteiger partial charge is 0.407 e. The van der Waals surface area contributed by atoms with Gasteiger partial charge in [0.15, 0.2) is 0 Å². The molecule has 0 radical (unpaired) electrons. The van der Waals surface area contributed by atoms with Gasteiger partial charge in [-0.05, 0) is 199 Å². The molecule has 0 saturated heterocycles. The van der Waals surface area contributed by atoms with Crippen molar-refractivity contribution in [1.29, 1.82) is 0 Å². The van der Waals surface area contributed by atoms with Crippen molar-refractivity contribution in [3.05, 3.63) is 0 Å². The Kier molecular flexibility index (Phi) is 102. The minimum absolute atomic E-state index is 0.0324. The SMILES string of the molecule is CC(C)CC(CC(C)C)NC(=O)OC(CO)CO.CC(C)CC(CC(C)C)NC(=O)OCC(O)CO.CC(C)CC(CNC(=O)OC(CO)CO)C(=O)NC(C)C.CC(C)CC(CNC(=O)OC(CO)CO)C(C)C.CC(C)CC(NC(=O)OC(CO)CO)C(C)C.CC(C)CC(NC(=O)OCC(O)CO)C(C)C.CCC(O)COC(=O)NCC(CC(C)C)C(=O)NC(C)C.CCC(O)COC(=O)NCC(CC(C)C)C(C)C. The lowest BCUT2D eigenvalue weighted by Crippen LogP contribution is -2.43. The number of ether oxygens (including phenoxy) is 8. The van der Waals surface area contributed by atoms with E-state index >= 15 is 0 Å². The zero-order valence-electron chi connectivity index (χ0n) is 97.3. The molecule has 0 bridgehead atoms. The van der Waals surface area contributed by atoms with Gasteiger partial charge in [0.05, 0.1) is 90.1 Å². The van der Waals surface area contributed by atoms with Crippen molar-refractivity contribution in [3.8, 4) is 0 Å². The summed E-state index contributed by atoms with van der Waals surface area (Å²) in [4.78, 5) is 116. The molecule has 884 valence electrons. The van der Waals surface area contributed by atoms with Crippen LogP contribution in [0, 0.1) is 107 Å². The summed E-state index contributed by atoms with van der Waals surface area (Å²) in [6, 6.07) is 0.361. The summed E-state index contributed by atoms with van der Waals surface area (Å²) in [6.45, 7) is 67.2. The van der Waals surface area contributed by atoms with Gasteiger partial charge < -0.3 is 163 Å². The van der Waals surface area contributed by atoms with Crippen molar-refractivity contribution in [2.24, 2.45) is 107 Å². The molecule has 0 spiro atoms. The van der Waals surface area contributed by atoms with E-state index in [2.05, 4.69) is 192 Å². The average molecular weight is 2140 g/mol. The molecule has 0 aliphatic rings. The highest BCUT2D eigenvalue weighted by atomic mass is 16.6. The van der Waals surface area contributed by atoms with E-state index in [0.717, 1.165) is 51.4 Å². The number of hydrogen-bond acceptors (Lipinski definition) is 32. The first-order valence-electron chi connectivity index (χ1n) is 53.7. The Morgan fingerprint density at radius 2 is 0.439 bits per heavy atom. The molecule has 148 heavy (non-hydrogen) atoms. The molecule has 0 aromatic heterocycles. The minimum Gasteiger partial charge on any atom is -0.447 e. The first-order chi connectivity index (χ1) is 68.8. The molecule has 42 heteroatoms. The third-order valence-corrected chi connectivity index (χ3v) is 21.6. The summed E-state index contributed by atoms with van der Waals surface area (Å²) in [7, 11) is 0. The largest absolute Gasteiger partial charge is 0.447 e. The maximum atomic E-state index is 12.1. The van der Waals surface area contributed by atoms with Crippen molar-refractivity contribution in [2.45, 2.75) is 398 Å². The lowest BCUT2D eigenvalue weighted by atomic mass is 9.88. The summed E-state index contributed by atoms with van der Waals surface area (Å²) < 4.78 is 38.8. The molecule has 0 aromatic carbocycles. The maximum Gasteiger partial charge on any atom is 0.407 e. The Morgan fingerprint density at radius 3 is 0.676 bits per heavy atom. The second-order valence-electron chi connectivity index (χ2n) is 44.0. The van der Waals surface area contributed by atoms with E-state index in [0.29, 0.717) is 133 Å². The number of carbonyl (C=O) groups is 10. The fraction of sp³-hybridized carbons (Fsp3) is 0.906. The predicted molar refractivity (Wildman–Crippen MR) is 576 cm³/mol. The normalized spacial score (nSPS) is 13.4. The fourth-order valence-electron chi connectivity index (χ4n) is 13.6. The number of rotatable bonds is 64. The fourth-order valence-corrected chi connectivity index (χ4v) is 13.6. The first kappa shape index (κ1) is 156. The van der Waals surface area contributed by atoms with Gasteiger partial charge in [0.1, 0.15) is 63.1 Å². The van der Waals surface area contributed by atoms with E-state index in [4.69, 9.17) is 99.2 Å². The highest BCUT2D eigenvalue weighted by molar-refractivity contribution is 5.80. The number of alkyl carbamates (subject to hydrolysis) is 8. The van der Waals surface area contributed by atoms with Gasteiger partial charge in [0.25, 0.3) is 0 Å². The Bertz CT molecular complexity index is 3180. The molecule has 10 amide bonds. The van der Waals surface area contributed by atoms with Crippen LogP contribution in [0.1, 0.15) is 312 Å². The lowest BCUT2D eigenvalue weighted by Gasteiger charge is -2.24. The van der Waals surface area contributed by atoms with Gasteiger partial charge in [-0.15, -0.1) is 0 Å². The van der Waals surface area contributed by atoms with Crippen LogP contribution in [0.25, 0.3) is 0 Å². The summed E-state index contributed by atoms with van der Waals surface area (Å²) in [6.07, 6.45) is -1.41. The molecule has 10 unspecified atom stereocenters. The summed E-state index contributed by atoms with van der Waals surface area (Å²) in [5.74, 6) is 6.54. The monoisotopic (exact) mass is 2140 g/mol. The molecule has 0 fully saturated rings. The Morgan fingerprint density at radius 1 is 0.223 bits per heavy atom. The highest BCUT2D eigenvalue weighted by Gasteiger charge is 2.29. The molecule has 0 rings (SSSR count). The average Bonchev–Trinajstić information content (AvgIpc) is 0.915. The van der Waals surface area contributed by atoms with Gasteiger partial charge in [0, 0.05) is 62.4 Å². The summed E-state index contributed by atoms with van der Waals surface area (Å²) in [5, 5.41) is 152. The second kappa shape index (κ2) is 96.6. The molecule has 0 aromatic rings. The zero-order valence-corrected chi connectivity index (χ0v) is 97.3. The molecular formula is C106H218N10O32. The van der Waals surface area contributed by atoms with Crippen LogP contribution < -0.4 is 53.2 Å². The van der Waals surface area contributed by atoms with Gasteiger partial charge in [-0.3, -0.25) is 9.59 Å². The third kappa shape index (κ3) is 102. The molecule has 42 nitrogen and oxygen atoms in total. The Hall–Kier alpha value is -7.46. The predicted octanol–water partition coefficient (Wildman–Crippen LogP) is 11.4. The highest BCUT2D eigenvalue weighted by Crippen LogP contribution is 2.24. The van der Waals surface area contributed by atoms with E-state index in [1.807, 2.05) is 90.0 Å². The molecule has 0 heterocycles. The maximum absolute atomic E-state index is 12.1.